The first-order chi connectivity index (χ1) is 5.31. The van der Waals surface area contributed by atoms with Gasteiger partial charge in [-0.05, 0) is 12.2 Å². The van der Waals surface area contributed by atoms with Crippen molar-refractivity contribution in [2.75, 3.05) is 18.8 Å². The maximum absolute atomic E-state index is 5.10. The van der Waals surface area contributed by atoms with Crippen LogP contribution in [-0.2, 0) is 0 Å². The van der Waals surface area contributed by atoms with E-state index in [9.17, 15) is 0 Å². The lowest BCUT2D eigenvalue weighted by Gasteiger charge is -2.09. The number of terminal acetylenes is 1. The molecule has 0 aromatic carbocycles. The Morgan fingerprint density at radius 2 is 2.36 bits per heavy atom. The fourth-order valence-corrected chi connectivity index (χ4v) is 1.60. The van der Waals surface area contributed by atoms with Gasteiger partial charge in [-0.2, -0.15) is 11.8 Å². The molecule has 64 valence electrons. The molecule has 0 aromatic heterocycles. The highest BCUT2D eigenvalue weighted by Crippen LogP contribution is 2.09. The number of hydrogen-bond acceptors (Lipinski definition) is 2. The maximum Gasteiger partial charge on any atom is 0.0574 e. The van der Waals surface area contributed by atoms with Crippen LogP contribution in [0.1, 0.15) is 20.3 Å². The van der Waals surface area contributed by atoms with Crippen molar-refractivity contribution in [3.8, 4) is 12.3 Å². The molecule has 1 unspecified atom stereocenters. The van der Waals surface area contributed by atoms with Crippen molar-refractivity contribution >= 4 is 11.8 Å². The lowest BCUT2D eigenvalue weighted by molar-refractivity contribution is 0.748. The zero-order valence-corrected chi connectivity index (χ0v) is 8.21. The Bertz CT molecular complexity index is 117. The van der Waals surface area contributed by atoms with Crippen LogP contribution in [0.25, 0.3) is 0 Å². The second-order valence-corrected chi connectivity index (χ2v) is 4.06. The molecule has 0 bridgehead atoms. The minimum atomic E-state index is 0.684. The van der Waals surface area contributed by atoms with E-state index >= 15 is 0 Å². The van der Waals surface area contributed by atoms with Gasteiger partial charge in [-0.25, -0.2) is 0 Å². The van der Waals surface area contributed by atoms with Crippen LogP contribution in [0.3, 0.4) is 0 Å². The molecule has 2 heteroatoms. The van der Waals surface area contributed by atoms with Crippen LogP contribution in [0.5, 0.6) is 0 Å². The first kappa shape index (κ1) is 10.9. The van der Waals surface area contributed by atoms with Crippen LogP contribution in [0, 0.1) is 12.3 Å². The van der Waals surface area contributed by atoms with E-state index in [4.69, 9.17) is 6.42 Å². The number of nitrogens with one attached hydrogen (secondary N) is 1. The smallest absolute Gasteiger partial charge is 0.0574 e. The third-order valence-corrected chi connectivity index (χ3v) is 2.65. The van der Waals surface area contributed by atoms with E-state index in [1.807, 2.05) is 11.8 Å². The topological polar surface area (TPSA) is 12.0 Å². The maximum atomic E-state index is 5.10. The normalized spacial score (nSPS) is 12.5. The minimum Gasteiger partial charge on any atom is -0.305 e. The van der Waals surface area contributed by atoms with Gasteiger partial charge in [0.1, 0.15) is 0 Å². The lowest BCUT2D eigenvalue weighted by Crippen LogP contribution is -2.23. The van der Waals surface area contributed by atoms with Gasteiger partial charge in [0.05, 0.1) is 6.54 Å². The van der Waals surface area contributed by atoms with Gasteiger partial charge in [0.25, 0.3) is 0 Å². The van der Waals surface area contributed by atoms with Crippen molar-refractivity contribution in [3.05, 3.63) is 0 Å². The summed E-state index contributed by atoms with van der Waals surface area (Å²) in [5.41, 5.74) is 0. The fraction of sp³-hybridized carbons (Fsp3) is 0.778. The molecule has 1 atom stereocenters. The average molecular weight is 171 g/mol. The Morgan fingerprint density at radius 3 is 2.91 bits per heavy atom. The van der Waals surface area contributed by atoms with E-state index in [-0.39, 0.29) is 0 Å². The summed E-state index contributed by atoms with van der Waals surface area (Å²) in [4.78, 5) is 0. The van der Waals surface area contributed by atoms with E-state index < -0.39 is 0 Å². The van der Waals surface area contributed by atoms with Crippen LogP contribution in [-0.4, -0.2) is 24.1 Å². The van der Waals surface area contributed by atoms with Gasteiger partial charge in [-0.3, -0.25) is 0 Å². The fourth-order valence-electron chi connectivity index (χ4n) is 0.726. The molecule has 0 rings (SSSR count). The molecule has 11 heavy (non-hydrogen) atoms. The predicted molar refractivity (Wildman–Crippen MR) is 53.9 cm³/mol. The van der Waals surface area contributed by atoms with Crippen LogP contribution >= 0.6 is 11.8 Å². The molecule has 0 spiro atoms. The highest BCUT2D eigenvalue weighted by atomic mass is 32.2. The average Bonchev–Trinajstić information content (AvgIpc) is 2.01. The highest BCUT2D eigenvalue weighted by molar-refractivity contribution is 7.99. The molecule has 0 amide bonds. The summed E-state index contributed by atoms with van der Waals surface area (Å²) in [6.45, 7) is 6.14. The summed E-state index contributed by atoms with van der Waals surface area (Å²) in [6, 6.07) is 0. The van der Waals surface area contributed by atoms with Crippen LogP contribution in [0.2, 0.25) is 0 Å². The molecule has 0 saturated heterocycles. The predicted octanol–water partition coefficient (Wildman–Crippen LogP) is 1.74. The van der Waals surface area contributed by atoms with Crippen LogP contribution in [0.4, 0.5) is 0 Å². The van der Waals surface area contributed by atoms with Crippen LogP contribution < -0.4 is 5.32 Å². The minimum absolute atomic E-state index is 0.684. The quantitative estimate of drug-likeness (QED) is 0.482. The SMILES string of the molecule is C#CCNCC(C)SCCC. The molecule has 0 aromatic rings. The van der Waals surface area contributed by atoms with E-state index in [1.165, 1.54) is 12.2 Å². The molecular weight excluding hydrogens is 154 g/mol. The molecule has 1 nitrogen and oxygen atoms in total. The molecular formula is C9H17NS. The van der Waals surface area contributed by atoms with Gasteiger partial charge in [0, 0.05) is 11.8 Å². The molecule has 0 aliphatic rings. The Kier molecular flexibility index (Phi) is 7.88. The van der Waals surface area contributed by atoms with E-state index in [2.05, 4.69) is 25.1 Å². The zero-order valence-electron chi connectivity index (χ0n) is 7.39. The third kappa shape index (κ3) is 7.77. The summed E-state index contributed by atoms with van der Waals surface area (Å²) in [5.74, 6) is 3.81. The zero-order chi connectivity index (χ0) is 8.53. The van der Waals surface area contributed by atoms with Crippen molar-refractivity contribution in [1.29, 1.82) is 0 Å². The number of hydrogen-bond donors (Lipinski definition) is 1. The summed E-state index contributed by atoms with van der Waals surface area (Å²) in [6.07, 6.45) is 6.35. The van der Waals surface area contributed by atoms with Gasteiger partial charge in [-0.1, -0.05) is 19.8 Å². The first-order valence-corrected chi connectivity index (χ1v) is 5.12. The second-order valence-electron chi connectivity index (χ2n) is 2.52. The van der Waals surface area contributed by atoms with E-state index in [0.29, 0.717) is 11.8 Å². The van der Waals surface area contributed by atoms with Crippen molar-refractivity contribution in [3.63, 3.8) is 0 Å². The summed E-state index contributed by atoms with van der Waals surface area (Å²) < 4.78 is 0. The van der Waals surface area contributed by atoms with Crippen molar-refractivity contribution in [1.82, 2.24) is 5.32 Å². The Morgan fingerprint density at radius 1 is 1.64 bits per heavy atom. The largest absolute Gasteiger partial charge is 0.305 e. The Hall–Kier alpha value is -0.130. The highest BCUT2D eigenvalue weighted by Gasteiger charge is 1.98. The summed E-state index contributed by atoms with van der Waals surface area (Å²) in [7, 11) is 0. The summed E-state index contributed by atoms with van der Waals surface area (Å²) in [5, 5.41) is 3.87. The van der Waals surface area contributed by atoms with Crippen molar-refractivity contribution in [2.45, 2.75) is 25.5 Å². The standard InChI is InChI=1S/C9H17NS/c1-4-6-10-8-9(3)11-7-5-2/h1,9-10H,5-8H2,2-3H3. The van der Waals surface area contributed by atoms with Crippen molar-refractivity contribution < 1.29 is 0 Å². The molecule has 1 N–H and O–H groups in total. The van der Waals surface area contributed by atoms with Crippen LogP contribution in [0.15, 0.2) is 0 Å². The summed E-state index contributed by atoms with van der Waals surface area (Å²) >= 11 is 2.00. The van der Waals surface area contributed by atoms with Gasteiger partial charge in [0.15, 0.2) is 0 Å². The van der Waals surface area contributed by atoms with Gasteiger partial charge in [-0.15, -0.1) is 6.42 Å². The van der Waals surface area contributed by atoms with E-state index in [0.717, 1.165) is 6.54 Å². The third-order valence-electron chi connectivity index (χ3n) is 1.27. The molecule has 0 radical (unpaired) electrons. The molecule has 0 heterocycles. The molecule has 0 aliphatic carbocycles. The van der Waals surface area contributed by atoms with Gasteiger partial charge < -0.3 is 5.32 Å². The second kappa shape index (κ2) is 7.97. The van der Waals surface area contributed by atoms with E-state index in [1.54, 1.807) is 0 Å². The van der Waals surface area contributed by atoms with Gasteiger partial charge in [0.2, 0.25) is 0 Å². The number of rotatable bonds is 6. The monoisotopic (exact) mass is 171 g/mol. The van der Waals surface area contributed by atoms with Crippen molar-refractivity contribution in [2.24, 2.45) is 0 Å². The molecule has 0 saturated carbocycles. The Balaban J connectivity index is 3.10. The molecule has 0 aliphatic heterocycles. The Labute approximate surface area is 74.3 Å². The molecule has 0 fully saturated rings. The van der Waals surface area contributed by atoms with Gasteiger partial charge >= 0.3 is 0 Å². The number of thioether (sulfide) groups is 1. The first-order valence-electron chi connectivity index (χ1n) is 4.07. The lowest BCUT2D eigenvalue weighted by atomic mass is 10.4.